The van der Waals surface area contributed by atoms with Gasteiger partial charge in [0.05, 0.1) is 27.2 Å². The van der Waals surface area contributed by atoms with Crippen LogP contribution in [0.1, 0.15) is 48.8 Å². The quantitative estimate of drug-likeness (QED) is 0.522. The molecule has 1 unspecified atom stereocenters. The maximum atomic E-state index is 12.9. The van der Waals surface area contributed by atoms with Crippen LogP contribution in [0, 0.1) is 0 Å². The summed E-state index contributed by atoms with van der Waals surface area (Å²) in [7, 11) is 0. The third-order valence-electron chi connectivity index (χ3n) is 5.64. The monoisotopic (exact) mass is 487 g/mol. The number of ether oxygens (including phenoxy) is 1. The lowest BCUT2D eigenvalue weighted by Gasteiger charge is -2.17. The van der Waals surface area contributed by atoms with Crippen LogP contribution in [0.4, 0.5) is 5.69 Å². The van der Waals surface area contributed by atoms with Crippen LogP contribution in [-0.4, -0.2) is 27.5 Å². The van der Waals surface area contributed by atoms with E-state index in [1.807, 2.05) is 0 Å². The normalized spacial score (nSPS) is 14.6. The molecule has 172 valence electrons. The Balaban J connectivity index is 1.52. The zero-order valence-electron chi connectivity index (χ0n) is 18.1. The van der Waals surface area contributed by atoms with Gasteiger partial charge in [0.15, 0.2) is 6.10 Å². The minimum absolute atomic E-state index is 0.0945. The number of anilines is 1. The highest BCUT2D eigenvalue weighted by molar-refractivity contribution is 6.35. The summed E-state index contributed by atoms with van der Waals surface area (Å²) in [6.07, 6.45) is 3.78. The van der Waals surface area contributed by atoms with E-state index in [0.29, 0.717) is 33.2 Å². The lowest BCUT2D eigenvalue weighted by molar-refractivity contribution is -0.123. The SMILES string of the molecule is CC(OC(=O)c1ccc2c(=O)n3c(nc2c1)CCCCCC3)C(=O)Nc1cc(Cl)ccc1Cl. The van der Waals surface area contributed by atoms with Crippen LogP contribution in [0.2, 0.25) is 10.0 Å². The molecule has 9 heteroatoms. The van der Waals surface area contributed by atoms with Crippen LogP contribution < -0.4 is 10.9 Å². The number of fused-ring (bicyclic) bond motifs is 2. The summed E-state index contributed by atoms with van der Waals surface area (Å²) in [6.45, 7) is 2.12. The van der Waals surface area contributed by atoms with Crippen molar-refractivity contribution < 1.29 is 14.3 Å². The molecule has 4 rings (SSSR count). The maximum absolute atomic E-state index is 12.9. The van der Waals surface area contributed by atoms with Crippen molar-refractivity contribution in [3.63, 3.8) is 0 Å². The van der Waals surface area contributed by atoms with E-state index in [2.05, 4.69) is 10.3 Å². The minimum atomic E-state index is -1.09. The fourth-order valence-corrected chi connectivity index (χ4v) is 4.17. The summed E-state index contributed by atoms with van der Waals surface area (Å²) in [4.78, 5) is 42.8. The van der Waals surface area contributed by atoms with Crippen molar-refractivity contribution >= 4 is 51.7 Å². The second-order valence-corrected chi connectivity index (χ2v) is 8.89. The van der Waals surface area contributed by atoms with Crippen molar-refractivity contribution in [1.82, 2.24) is 9.55 Å². The largest absolute Gasteiger partial charge is 0.449 e. The topological polar surface area (TPSA) is 90.3 Å². The van der Waals surface area contributed by atoms with Crippen molar-refractivity contribution in [3.8, 4) is 0 Å². The van der Waals surface area contributed by atoms with Gasteiger partial charge in [0.2, 0.25) is 0 Å². The van der Waals surface area contributed by atoms with Crippen LogP contribution in [-0.2, 0) is 22.5 Å². The summed E-state index contributed by atoms with van der Waals surface area (Å²) in [5.74, 6) is -0.500. The van der Waals surface area contributed by atoms with E-state index in [4.69, 9.17) is 27.9 Å². The number of carbonyl (C=O) groups is 2. The van der Waals surface area contributed by atoms with Gasteiger partial charge in [-0.15, -0.1) is 0 Å². The maximum Gasteiger partial charge on any atom is 0.338 e. The molecule has 1 aromatic heterocycles. The van der Waals surface area contributed by atoms with E-state index in [9.17, 15) is 14.4 Å². The molecule has 0 aliphatic carbocycles. The number of halogens is 2. The minimum Gasteiger partial charge on any atom is -0.449 e. The van der Waals surface area contributed by atoms with Crippen molar-refractivity contribution in [2.24, 2.45) is 0 Å². The van der Waals surface area contributed by atoms with Crippen molar-refractivity contribution in [2.75, 3.05) is 5.32 Å². The highest BCUT2D eigenvalue weighted by Crippen LogP contribution is 2.25. The van der Waals surface area contributed by atoms with E-state index in [1.54, 1.807) is 22.8 Å². The van der Waals surface area contributed by atoms with Crippen molar-refractivity contribution in [3.05, 3.63) is 68.2 Å². The molecule has 33 heavy (non-hydrogen) atoms. The Kier molecular flexibility index (Phi) is 7.00. The van der Waals surface area contributed by atoms with Gasteiger partial charge >= 0.3 is 5.97 Å². The number of hydrogen-bond donors (Lipinski definition) is 1. The number of rotatable bonds is 4. The predicted molar refractivity (Wildman–Crippen MR) is 128 cm³/mol. The number of nitrogens with zero attached hydrogens (tertiary/aromatic N) is 2. The zero-order chi connectivity index (χ0) is 23.5. The first-order chi connectivity index (χ1) is 15.8. The molecule has 0 saturated heterocycles. The van der Waals surface area contributed by atoms with E-state index in [-0.39, 0.29) is 11.1 Å². The predicted octanol–water partition coefficient (Wildman–Crippen LogP) is 5.00. The Morgan fingerprint density at radius 2 is 1.88 bits per heavy atom. The fourth-order valence-electron chi connectivity index (χ4n) is 3.83. The van der Waals surface area contributed by atoms with E-state index < -0.39 is 18.0 Å². The molecule has 0 spiro atoms. The molecular weight excluding hydrogens is 465 g/mol. The summed E-state index contributed by atoms with van der Waals surface area (Å²) in [5, 5.41) is 3.78. The molecule has 2 aromatic carbocycles. The van der Waals surface area contributed by atoms with Gasteiger partial charge in [-0.25, -0.2) is 9.78 Å². The first-order valence-corrected chi connectivity index (χ1v) is 11.6. The molecular formula is C24H23Cl2N3O4. The second-order valence-electron chi connectivity index (χ2n) is 8.04. The summed E-state index contributed by atoms with van der Waals surface area (Å²) >= 11 is 12.0. The van der Waals surface area contributed by atoms with Crippen LogP contribution >= 0.6 is 23.2 Å². The van der Waals surface area contributed by atoms with Gasteiger partial charge in [-0.2, -0.15) is 0 Å². The van der Waals surface area contributed by atoms with Gasteiger partial charge in [-0.3, -0.25) is 14.2 Å². The average molecular weight is 488 g/mol. The molecule has 1 N–H and O–H groups in total. The Morgan fingerprint density at radius 3 is 2.70 bits per heavy atom. The Morgan fingerprint density at radius 1 is 1.09 bits per heavy atom. The molecule has 0 radical (unpaired) electrons. The number of nitrogens with one attached hydrogen (secondary N) is 1. The van der Waals surface area contributed by atoms with Gasteiger partial charge < -0.3 is 10.1 Å². The second kappa shape index (κ2) is 9.93. The fraction of sp³-hybridized carbons (Fsp3) is 0.333. The van der Waals surface area contributed by atoms with E-state index in [0.717, 1.165) is 37.9 Å². The van der Waals surface area contributed by atoms with Gasteiger partial charge in [-0.05, 0) is 56.2 Å². The van der Waals surface area contributed by atoms with Crippen LogP contribution in [0.5, 0.6) is 0 Å². The highest BCUT2D eigenvalue weighted by Gasteiger charge is 2.21. The number of esters is 1. The Hall–Kier alpha value is -2.90. The molecule has 3 aromatic rings. The third kappa shape index (κ3) is 5.20. The summed E-state index contributed by atoms with van der Waals surface area (Å²) < 4.78 is 7.07. The van der Waals surface area contributed by atoms with Gasteiger partial charge in [-0.1, -0.05) is 36.0 Å². The molecule has 1 aliphatic rings. The Labute approximate surface area is 200 Å². The average Bonchev–Trinajstić information content (AvgIpc) is 2.77. The summed E-state index contributed by atoms with van der Waals surface area (Å²) in [5.41, 5.74) is 0.890. The third-order valence-corrected chi connectivity index (χ3v) is 6.21. The van der Waals surface area contributed by atoms with Gasteiger partial charge in [0.1, 0.15) is 5.82 Å². The molecule has 1 amide bonds. The molecule has 0 saturated carbocycles. The zero-order valence-corrected chi connectivity index (χ0v) is 19.6. The molecule has 2 heterocycles. The van der Waals surface area contributed by atoms with Crippen molar-refractivity contribution in [2.45, 2.75) is 51.7 Å². The van der Waals surface area contributed by atoms with E-state index in [1.165, 1.54) is 25.1 Å². The number of amides is 1. The molecule has 1 aliphatic heterocycles. The van der Waals surface area contributed by atoms with Crippen LogP contribution in [0.3, 0.4) is 0 Å². The number of aromatic nitrogens is 2. The number of aryl methyl sites for hydroxylation is 1. The van der Waals surface area contributed by atoms with Crippen LogP contribution in [0.25, 0.3) is 10.9 Å². The number of hydrogen-bond acceptors (Lipinski definition) is 5. The first kappa shape index (κ1) is 23.3. The smallest absolute Gasteiger partial charge is 0.338 e. The standard InChI is InChI=1S/C24H23Cl2N3O4/c1-14(22(30)28-20-13-16(25)8-10-18(20)26)33-24(32)15-7-9-17-19(12-15)27-21-6-4-2-3-5-11-29(21)23(17)31/h7-10,12-14H,2-6,11H2,1H3,(H,28,30). The lowest BCUT2D eigenvalue weighted by Crippen LogP contribution is -2.30. The molecule has 0 fully saturated rings. The van der Waals surface area contributed by atoms with Crippen molar-refractivity contribution in [1.29, 1.82) is 0 Å². The summed E-state index contributed by atoms with van der Waals surface area (Å²) in [6, 6.07) is 9.31. The lowest BCUT2D eigenvalue weighted by atomic mass is 10.1. The molecule has 0 bridgehead atoms. The highest BCUT2D eigenvalue weighted by atomic mass is 35.5. The first-order valence-electron chi connectivity index (χ1n) is 10.8. The molecule has 1 atom stereocenters. The number of benzene rings is 2. The molecule has 7 nitrogen and oxygen atoms in total. The van der Waals surface area contributed by atoms with Crippen LogP contribution in [0.15, 0.2) is 41.2 Å². The number of carbonyl (C=O) groups excluding carboxylic acids is 2. The van der Waals surface area contributed by atoms with Gasteiger partial charge in [0, 0.05) is 18.0 Å². The Bertz CT molecular complexity index is 1290. The van der Waals surface area contributed by atoms with Gasteiger partial charge in [0.25, 0.3) is 11.5 Å². The van der Waals surface area contributed by atoms with E-state index >= 15 is 0 Å².